The van der Waals surface area contributed by atoms with Crippen molar-refractivity contribution in [2.75, 3.05) is 19.7 Å². The van der Waals surface area contributed by atoms with Gasteiger partial charge in [-0.15, -0.1) is 11.3 Å². The minimum absolute atomic E-state index is 0.0638. The largest absolute Gasteiger partial charge is 0.493 e. The molecule has 5 nitrogen and oxygen atoms in total. The molecule has 28 heavy (non-hydrogen) atoms. The SMILES string of the molecule is Cc1ccc(-c2nc(C)c(C(=O)N3CCCC(COc4ccccc4)C3)s2)o1. The monoisotopic (exact) mass is 396 g/mol. The van der Waals surface area contributed by atoms with E-state index in [0.717, 1.165) is 53.9 Å². The molecule has 1 aromatic carbocycles. The molecule has 1 saturated heterocycles. The average Bonchev–Trinajstić information content (AvgIpc) is 3.32. The van der Waals surface area contributed by atoms with Gasteiger partial charge in [-0.2, -0.15) is 0 Å². The number of piperidine rings is 1. The Labute approximate surface area is 169 Å². The molecule has 0 aliphatic carbocycles. The topological polar surface area (TPSA) is 55.6 Å². The van der Waals surface area contributed by atoms with Crippen molar-refractivity contribution in [3.8, 4) is 16.5 Å². The number of hydrogen-bond acceptors (Lipinski definition) is 5. The van der Waals surface area contributed by atoms with Gasteiger partial charge in [-0.25, -0.2) is 4.98 Å². The smallest absolute Gasteiger partial charge is 0.265 e. The zero-order chi connectivity index (χ0) is 19.5. The van der Waals surface area contributed by atoms with Gasteiger partial charge in [0, 0.05) is 19.0 Å². The fourth-order valence-corrected chi connectivity index (χ4v) is 4.51. The summed E-state index contributed by atoms with van der Waals surface area (Å²) in [5.74, 6) is 2.85. The van der Waals surface area contributed by atoms with E-state index in [-0.39, 0.29) is 5.91 Å². The normalized spacial score (nSPS) is 16.9. The number of aryl methyl sites for hydroxylation is 2. The minimum Gasteiger partial charge on any atom is -0.493 e. The summed E-state index contributed by atoms with van der Waals surface area (Å²) in [6.07, 6.45) is 2.08. The van der Waals surface area contributed by atoms with Gasteiger partial charge in [0.1, 0.15) is 16.4 Å². The fourth-order valence-electron chi connectivity index (χ4n) is 3.51. The third-order valence-electron chi connectivity index (χ3n) is 4.98. The predicted molar refractivity (Wildman–Crippen MR) is 110 cm³/mol. The molecule has 6 heteroatoms. The molecule has 1 atom stereocenters. The van der Waals surface area contributed by atoms with E-state index in [2.05, 4.69) is 4.98 Å². The maximum Gasteiger partial charge on any atom is 0.265 e. The molecule has 3 heterocycles. The number of para-hydroxylation sites is 1. The van der Waals surface area contributed by atoms with Gasteiger partial charge in [-0.05, 0) is 51.0 Å². The first-order chi connectivity index (χ1) is 13.6. The molecule has 0 bridgehead atoms. The maximum absolute atomic E-state index is 13.1. The lowest BCUT2D eigenvalue weighted by molar-refractivity contribution is 0.0637. The minimum atomic E-state index is 0.0638. The number of nitrogens with zero attached hydrogens (tertiary/aromatic N) is 2. The van der Waals surface area contributed by atoms with Crippen molar-refractivity contribution in [1.82, 2.24) is 9.88 Å². The van der Waals surface area contributed by atoms with Crippen molar-refractivity contribution >= 4 is 17.2 Å². The number of carbonyl (C=O) groups is 1. The molecule has 1 unspecified atom stereocenters. The number of furan rings is 1. The van der Waals surface area contributed by atoms with Crippen molar-refractivity contribution in [2.24, 2.45) is 5.92 Å². The molecule has 2 aromatic heterocycles. The molecule has 0 saturated carbocycles. The van der Waals surface area contributed by atoms with Crippen molar-refractivity contribution in [1.29, 1.82) is 0 Å². The summed E-state index contributed by atoms with van der Waals surface area (Å²) in [5.41, 5.74) is 0.765. The number of likely N-dealkylation sites (tertiary alicyclic amines) is 1. The highest BCUT2D eigenvalue weighted by Gasteiger charge is 2.28. The lowest BCUT2D eigenvalue weighted by atomic mass is 9.98. The van der Waals surface area contributed by atoms with Crippen LogP contribution in [0.1, 0.15) is 34.0 Å². The van der Waals surface area contributed by atoms with E-state index in [4.69, 9.17) is 9.15 Å². The quantitative estimate of drug-likeness (QED) is 0.612. The molecule has 1 aliphatic heterocycles. The molecule has 0 N–H and O–H groups in total. The second-order valence-corrected chi connectivity index (χ2v) is 8.23. The molecule has 146 valence electrons. The van der Waals surface area contributed by atoms with E-state index in [0.29, 0.717) is 17.4 Å². The van der Waals surface area contributed by atoms with Gasteiger partial charge in [-0.3, -0.25) is 4.79 Å². The number of thiazole rings is 1. The van der Waals surface area contributed by atoms with Gasteiger partial charge >= 0.3 is 0 Å². The summed E-state index contributed by atoms with van der Waals surface area (Å²) in [5, 5.41) is 0.759. The highest BCUT2D eigenvalue weighted by Crippen LogP contribution is 2.31. The van der Waals surface area contributed by atoms with E-state index in [1.54, 1.807) is 0 Å². The second-order valence-electron chi connectivity index (χ2n) is 7.23. The van der Waals surface area contributed by atoms with E-state index in [9.17, 15) is 4.79 Å². The van der Waals surface area contributed by atoms with Crippen molar-refractivity contribution < 1.29 is 13.9 Å². The number of rotatable bonds is 5. The molecule has 0 radical (unpaired) electrons. The van der Waals surface area contributed by atoms with Crippen LogP contribution in [0.2, 0.25) is 0 Å². The van der Waals surface area contributed by atoms with Crippen molar-refractivity contribution in [3.05, 3.63) is 58.8 Å². The Bertz CT molecular complexity index is 948. The Morgan fingerprint density at radius 3 is 2.82 bits per heavy atom. The number of hydrogen-bond donors (Lipinski definition) is 0. The number of carbonyl (C=O) groups excluding carboxylic acids is 1. The Balaban J connectivity index is 1.42. The van der Waals surface area contributed by atoms with Crippen LogP contribution >= 0.6 is 11.3 Å². The molecule has 4 rings (SSSR count). The third-order valence-corrected chi connectivity index (χ3v) is 6.14. The van der Waals surface area contributed by atoms with Gasteiger partial charge in [0.25, 0.3) is 5.91 Å². The standard InChI is InChI=1S/C22H24N2O3S/c1-15-10-11-19(27-15)21-23-16(2)20(28-21)22(25)24-12-6-7-17(13-24)14-26-18-8-4-3-5-9-18/h3-5,8-11,17H,6-7,12-14H2,1-2H3. The highest BCUT2D eigenvalue weighted by atomic mass is 32.1. The van der Waals surface area contributed by atoms with Gasteiger partial charge in [0.05, 0.1) is 12.3 Å². The number of amides is 1. The summed E-state index contributed by atoms with van der Waals surface area (Å²) in [6, 6.07) is 13.7. The summed E-state index contributed by atoms with van der Waals surface area (Å²) in [7, 11) is 0. The number of benzene rings is 1. The lowest BCUT2D eigenvalue weighted by Gasteiger charge is -2.32. The molecule has 1 amide bonds. The van der Waals surface area contributed by atoms with Crippen LogP contribution in [0.25, 0.3) is 10.8 Å². The molecule has 1 aliphatic rings. The van der Waals surface area contributed by atoms with Crippen LogP contribution < -0.4 is 4.74 Å². The van der Waals surface area contributed by atoms with Crippen LogP contribution in [0.3, 0.4) is 0 Å². The summed E-state index contributed by atoms with van der Waals surface area (Å²) < 4.78 is 11.6. The van der Waals surface area contributed by atoms with Gasteiger partial charge in [0.15, 0.2) is 10.8 Å². The predicted octanol–water partition coefficient (Wildman–Crippen LogP) is 4.95. The lowest BCUT2D eigenvalue weighted by Crippen LogP contribution is -2.41. The van der Waals surface area contributed by atoms with Crippen LogP contribution in [0.4, 0.5) is 0 Å². The van der Waals surface area contributed by atoms with Crippen LogP contribution in [0, 0.1) is 19.8 Å². The first-order valence-electron chi connectivity index (χ1n) is 9.61. The van der Waals surface area contributed by atoms with Crippen LogP contribution in [-0.2, 0) is 0 Å². The highest BCUT2D eigenvalue weighted by molar-refractivity contribution is 7.17. The molecule has 0 spiro atoms. The van der Waals surface area contributed by atoms with Crippen LogP contribution in [0.15, 0.2) is 46.9 Å². The summed E-state index contributed by atoms with van der Waals surface area (Å²) in [4.78, 5) is 20.3. The van der Waals surface area contributed by atoms with E-state index in [1.165, 1.54) is 11.3 Å². The zero-order valence-corrected chi connectivity index (χ0v) is 17.0. The number of ether oxygens (including phenoxy) is 1. The molecule has 3 aromatic rings. The van der Waals surface area contributed by atoms with Crippen LogP contribution in [0.5, 0.6) is 5.75 Å². The Morgan fingerprint density at radius 2 is 2.07 bits per heavy atom. The number of aromatic nitrogens is 1. The molecular formula is C22H24N2O3S. The van der Waals surface area contributed by atoms with Crippen LogP contribution in [-0.4, -0.2) is 35.5 Å². The average molecular weight is 397 g/mol. The van der Waals surface area contributed by atoms with Gasteiger partial charge in [-0.1, -0.05) is 18.2 Å². The summed E-state index contributed by atoms with van der Waals surface area (Å²) in [6.45, 7) is 5.93. The zero-order valence-electron chi connectivity index (χ0n) is 16.2. The van der Waals surface area contributed by atoms with E-state index < -0.39 is 0 Å². The van der Waals surface area contributed by atoms with E-state index >= 15 is 0 Å². The second kappa shape index (κ2) is 8.19. The Hall–Kier alpha value is -2.60. The summed E-state index contributed by atoms with van der Waals surface area (Å²) >= 11 is 1.41. The Morgan fingerprint density at radius 1 is 1.25 bits per heavy atom. The first kappa shape index (κ1) is 18.7. The van der Waals surface area contributed by atoms with E-state index in [1.807, 2.05) is 61.2 Å². The fraction of sp³-hybridized carbons (Fsp3) is 0.364. The molecular weight excluding hydrogens is 372 g/mol. The third kappa shape index (κ3) is 4.12. The Kier molecular flexibility index (Phi) is 5.48. The maximum atomic E-state index is 13.1. The molecule has 1 fully saturated rings. The van der Waals surface area contributed by atoms with Crippen molar-refractivity contribution in [3.63, 3.8) is 0 Å². The van der Waals surface area contributed by atoms with Crippen molar-refractivity contribution in [2.45, 2.75) is 26.7 Å². The van der Waals surface area contributed by atoms with Gasteiger partial charge < -0.3 is 14.1 Å². The van der Waals surface area contributed by atoms with Gasteiger partial charge in [0.2, 0.25) is 0 Å². The first-order valence-corrected chi connectivity index (χ1v) is 10.4.